The molecule has 2 N–H and O–H groups in total. The molecule has 0 aliphatic rings. The summed E-state index contributed by atoms with van der Waals surface area (Å²) < 4.78 is 0. The van der Waals surface area contributed by atoms with Crippen molar-refractivity contribution in [2.24, 2.45) is 0 Å². The number of nitrogens with zero attached hydrogens (tertiary/aromatic N) is 1. The maximum atomic E-state index is 12.3. The molecule has 8 heteroatoms. The maximum Gasteiger partial charge on any atom is 0.251 e. The first kappa shape index (κ1) is 22.0. The Morgan fingerprint density at radius 2 is 1.72 bits per heavy atom. The quantitative estimate of drug-likeness (QED) is 0.346. The lowest BCUT2D eigenvalue weighted by Gasteiger charge is -2.08. The van der Waals surface area contributed by atoms with Gasteiger partial charge in [-0.15, -0.1) is 11.3 Å². The van der Waals surface area contributed by atoms with Gasteiger partial charge in [0.05, 0.1) is 17.3 Å². The lowest BCUT2D eigenvalue weighted by molar-refractivity contribution is -0.115. The predicted molar refractivity (Wildman–Crippen MR) is 130 cm³/mol. The monoisotopic (exact) mass is 481 g/mol. The molecule has 1 heterocycles. The molecular weight excluding hydrogens is 465 g/mol. The van der Waals surface area contributed by atoms with E-state index in [0.29, 0.717) is 21.3 Å². The highest BCUT2D eigenvalue weighted by Crippen LogP contribution is 2.33. The van der Waals surface area contributed by atoms with Crippen LogP contribution in [-0.2, 0) is 4.79 Å². The zero-order chi connectivity index (χ0) is 22.5. The first-order chi connectivity index (χ1) is 15.5. The first-order valence-corrected chi connectivity index (χ1v) is 11.3. The lowest BCUT2D eigenvalue weighted by Crippen LogP contribution is -2.32. The number of carbonyl (C=O) groups is 2. The van der Waals surface area contributed by atoms with E-state index in [0.717, 1.165) is 21.8 Å². The van der Waals surface area contributed by atoms with Crippen molar-refractivity contribution in [1.29, 1.82) is 0 Å². The highest BCUT2D eigenvalue weighted by Gasteiger charge is 2.11. The number of nitrogens with one attached hydrogen (secondary N) is 2. The van der Waals surface area contributed by atoms with Crippen molar-refractivity contribution in [3.05, 3.63) is 93.8 Å². The van der Waals surface area contributed by atoms with Crippen molar-refractivity contribution in [1.82, 2.24) is 10.3 Å². The van der Waals surface area contributed by atoms with Gasteiger partial charge in [0, 0.05) is 32.8 Å². The van der Waals surface area contributed by atoms with Crippen LogP contribution in [0.2, 0.25) is 10.0 Å². The van der Waals surface area contributed by atoms with Gasteiger partial charge in [-0.2, -0.15) is 0 Å². The number of carbonyl (C=O) groups excluding carboxylic acids is 2. The number of aromatic nitrogens is 1. The predicted octanol–water partition coefficient (Wildman–Crippen LogP) is 6.15. The number of hydrogen-bond donors (Lipinski definition) is 2. The Labute approximate surface area is 199 Å². The van der Waals surface area contributed by atoms with Gasteiger partial charge >= 0.3 is 0 Å². The van der Waals surface area contributed by atoms with E-state index in [2.05, 4.69) is 15.6 Å². The van der Waals surface area contributed by atoms with Crippen LogP contribution in [0.4, 0.5) is 5.69 Å². The number of amides is 2. The molecule has 0 saturated heterocycles. The van der Waals surface area contributed by atoms with Crippen molar-refractivity contribution in [2.45, 2.75) is 0 Å². The molecule has 0 bridgehead atoms. The van der Waals surface area contributed by atoms with Gasteiger partial charge in [0.1, 0.15) is 5.01 Å². The van der Waals surface area contributed by atoms with E-state index in [1.165, 1.54) is 11.3 Å². The minimum Gasteiger partial charge on any atom is -0.343 e. The highest BCUT2D eigenvalue weighted by molar-refractivity contribution is 7.13. The molecule has 0 radical (unpaired) electrons. The van der Waals surface area contributed by atoms with Crippen LogP contribution in [0.3, 0.4) is 0 Å². The second-order valence-electron chi connectivity index (χ2n) is 6.84. The third-order valence-corrected chi connectivity index (χ3v) is 6.02. The highest BCUT2D eigenvalue weighted by atomic mass is 35.5. The fourth-order valence-electron chi connectivity index (χ4n) is 2.99. The normalized spacial score (nSPS) is 10.6. The molecule has 0 fully saturated rings. The SMILES string of the molecule is O=C(CNC(=O)c1ccc(Cl)cc1)Nc1cccc(-c2csc(-c3ccccc3Cl)n2)c1. The topological polar surface area (TPSA) is 71.1 Å². The van der Waals surface area contributed by atoms with Crippen LogP contribution in [0, 0.1) is 0 Å². The number of hydrogen-bond acceptors (Lipinski definition) is 4. The summed E-state index contributed by atoms with van der Waals surface area (Å²) in [6, 6.07) is 21.4. The van der Waals surface area contributed by atoms with Crippen LogP contribution in [-0.4, -0.2) is 23.3 Å². The maximum absolute atomic E-state index is 12.3. The summed E-state index contributed by atoms with van der Waals surface area (Å²) in [5.74, 6) is -0.681. The van der Waals surface area contributed by atoms with Gasteiger partial charge in [-0.05, 0) is 42.5 Å². The molecule has 3 aromatic carbocycles. The number of halogens is 2. The molecule has 1 aromatic heterocycles. The van der Waals surface area contributed by atoms with E-state index in [1.807, 2.05) is 47.8 Å². The zero-order valence-corrected chi connectivity index (χ0v) is 19.0. The van der Waals surface area contributed by atoms with Crippen LogP contribution in [0.15, 0.2) is 78.2 Å². The van der Waals surface area contributed by atoms with Gasteiger partial charge in [-0.1, -0.05) is 53.5 Å². The molecule has 160 valence electrons. The Balaban J connectivity index is 1.40. The fraction of sp³-hybridized carbons (Fsp3) is 0.0417. The van der Waals surface area contributed by atoms with Crippen molar-refractivity contribution in [2.75, 3.05) is 11.9 Å². The van der Waals surface area contributed by atoms with E-state index in [-0.39, 0.29) is 18.4 Å². The number of thiazole rings is 1. The van der Waals surface area contributed by atoms with E-state index in [4.69, 9.17) is 23.2 Å². The lowest BCUT2D eigenvalue weighted by atomic mass is 10.1. The van der Waals surface area contributed by atoms with Crippen molar-refractivity contribution < 1.29 is 9.59 Å². The molecule has 0 aliphatic carbocycles. The molecule has 0 spiro atoms. The molecule has 4 rings (SSSR count). The average Bonchev–Trinajstić information content (AvgIpc) is 3.28. The molecule has 32 heavy (non-hydrogen) atoms. The molecule has 0 unspecified atom stereocenters. The average molecular weight is 482 g/mol. The van der Waals surface area contributed by atoms with Gasteiger partial charge in [0.25, 0.3) is 5.91 Å². The number of benzene rings is 3. The smallest absolute Gasteiger partial charge is 0.251 e. The van der Waals surface area contributed by atoms with Gasteiger partial charge in [0.2, 0.25) is 5.91 Å². The Morgan fingerprint density at radius 3 is 2.50 bits per heavy atom. The summed E-state index contributed by atoms with van der Waals surface area (Å²) in [5.41, 5.74) is 3.58. The van der Waals surface area contributed by atoms with Gasteiger partial charge in [-0.25, -0.2) is 4.98 Å². The standard InChI is InChI=1S/C24H17Cl2N3O2S/c25-17-10-8-15(9-11-17)23(31)27-13-22(30)28-18-5-3-4-16(12-18)21-14-32-24(29-21)19-6-1-2-7-20(19)26/h1-12,14H,13H2,(H,27,31)(H,28,30). The summed E-state index contributed by atoms with van der Waals surface area (Å²) in [5, 5.41) is 9.35. The molecule has 0 aliphatic heterocycles. The molecule has 5 nitrogen and oxygen atoms in total. The summed E-state index contributed by atoms with van der Waals surface area (Å²) in [6.07, 6.45) is 0. The summed E-state index contributed by atoms with van der Waals surface area (Å²) >= 11 is 13.6. The van der Waals surface area contributed by atoms with Crippen LogP contribution in [0.1, 0.15) is 10.4 Å². The Bertz CT molecular complexity index is 1270. The van der Waals surface area contributed by atoms with Crippen LogP contribution in [0.5, 0.6) is 0 Å². The summed E-state index contributed by atoms with van der Waals surface area (Å²) in [7, 11) is 0. The third kappa shape index (κ3) is 5.34. The van der Waals surface area contributed by atoms with Gasteiger partial charge < -0.3 is 10.6 Å². The van der Waals surface area contributed by atoms with Crippen LogP contribution in [0.25, 0.3) is 21.8 Å². The molecule has 2 amide bonds. The minimum atomic E-state index is -0.347. The summed E-state index contributed by atoms with van der Waals surface area (Å²) in [6.45, 7) is -0.154. The van der Waals surface area contributed by atoms with E-state index < -0.39 is 0 Å². The molecule has 4 aromatic rings. The van der Waals surface area contributed by atoms with Crippen LogP contribution >= 0.6 is 34.5 Å². The van der Waals surface area contributed by atoms with Crippen LogP contribution < -0.4 is 10.6 Å². The number of rotatable bonds is 6. The van der Waals surface area contributed by atoms with E-state index in [1.54, 1.807) is 30.3 Å². The van der Waals surface area contributed by atoms with Crippen molar-refractivity contribution in [3.63, 3.8) is 0 Å². The molecular formula is C24H17Cl2N3O2S. The Morgan fingerprint density at radius 1 is 0.938 bits per heavy atom. The number of anilines is 1. The second-order valence-corrected chi connectivity index (χ2v) is 8.54. The zero-order valence-electron chi connectivity index (χ0n) is 16.6. The Kier molecular flexibility index (Phi) is 6.85. The van der Waals surface area contributed by atoms with Crippen molar-refractivity contribution in [3.8, 4) is 21.8 Å². The largest absolute Gasteiger partial charge is 0.343 e. The van der Waals surface area contributed by atoms with Gasteiger partial charge in [0.15, 0.2) is 0 Å². The summed E-state index contributed by atoms with van der Waals surface area (Å²) in [4.78, 5) is 29.1. The molecule has 0 atom stereocenters. The van der Waals surface area contributed by atoms with Gasteiger partial charge in [-0.3, -0.25) is 9.59 Å². The fourth-order valence-corrected chi connectivity index (χ4v) is 4.27. The third-order valence-electron chi connectivity index (χ3n) is 4.57. The van der Waals surface area contributed by atoms with E-state index >= 15 is 0 Å². The minimum absolute atomic E-state index is 0.154. The Hall–Kier alpha value is -3.19. The molecule has 0 saturated carbocycles. The first-order valence-electron chi connectivity index (χ1n) is 9.64. The van der Waals surface area contributed by atoms with Crippen molar-refractivity contribution >= 4 is 52.0 Å². The van der Waals surface area contributed by atoms with E-state index in [9.17, 15) is 9.59 Å². The second kappa shape index (κ2) is 9.96.